The third-order valence-corrected chi connectivity index (χ3v) is 5.13. The minimum Gasteiger partial charge on any atom is -0.366 e. The van der Waals surface area contributed by atoms with Gasteiger partial charge in [0.25, 0.3) is 0 Å². The third-order valence-electron chi connectivity index (χ3n) is 5.13. The molecule has 2 heterocycles. The number of hydrogen-bond acceptors (Lipinski definition) is 7. The molecule has 1 aromatic carbocycles. The van der Waals surface area contributed by atoms with Crippen molar-refractivity contribution in [1.29, 1.82) is 0 Å². The lowest BCUT2D eigenvalue weighted by Crippen LogP contribution is -2.52. The molecule has 2 aromatic rings. The summed E-state index contributed by atoms with van der Waals surface area (Å²) >= 11 is 0. The summed E-state index contributed by atoms with van der Waals surface area (Å²) in [6.45, 7) is 9.79. The molecule has 0 saturated carbocycles. The van der Waals surface area contributed by atoms with Crippen LogP contribution >= 0.6 is 0 Å². The Morgan fingerprint density at radius 1 is 1.14 bits per heavy atom. The monoisotopic (exact) mass is 400 g/mol. The van der Waals surface area contributed by atoms with E-state index in [1.807, 2.05) is 20.8 Å². The average molecular weight is 400 g/mol. The molecule has 1 saturated heterocycles. The van der Waals surface area contributed by atoms with Gasteiger partial charge in [-0.15, -0.1) is 0 Å². The molecule has 1 aliphatic heterocycles. The van der Waals surface area contributed by atoms with E-state index in [4.69, 9.17) is 10.3 Å². The van der Waals surface area contributed by atoms with Gasteiger partial charge in [0.15, 0.2) is 5.82 Å². The number of piperazine rings is 1. The molecule has 2 amide bonds. The van der Waals surface area contributed by atoms with Crippen LogP contribution in [0.5, 0.6) is 0 Å². The van der Waals surface area contributed by atoms with Crippen molar-refractivity contribution in [1.82, 2.24) is 19.9 Å². The first-order valence-electron chi connectivity index (χ1n) is 9.83. The maximum atomic E-state index is 12.6. The van der Waals surface area contributed by atoms with Crippen molar-refractivity contribution < 1.29 is 14.1 Å². The molecule has 9 heteroatoms. The number of hydrogen-bond donors (Lipinski definition) is 2. The highest BCUT2D eigenvalue weighted by molar-refractivity contribution is 5.96. The van der Waals surface area contributed by atoms with Crippen LogP contribution < -0.4 is 11.1 Å². The number of aromatic nitrogens is 2. The van der Waals surface area contributed by atoms with Crippen LogP contribution in [-0.2, 0) is 11.3 Å². The second-order valence-electron chi connectivity index (χ2n) is 7.62. The number of nitrogens with one attached hydrogen (secondary N) is 1. The van der Waals surface area contributed by atoms with Gasteiger partial charge in [-0.1, -0.05) is 19.0 Å². The number of anilines is 1. The number of benzene rings is 1. The van der Waals surface area contributed by atoms with Gasteiger partial charge in [-0.25, -0.2) is 0 Å². The topological polar surface area (TPSA) is 118 Å². The Hall–Kier alpha value is -2.78. The minimum absolute atomic E-state index is 0.0799. The summed E-state index contributed by atoms with van der Waals surface area (Å²) in [5.41, 5.74) is 6.29. The van der Waals surface area contributed by atoms with Crippen molar-refractivity contribution in [3.63, 3.8) is 0 Å². The predicted molar refractivity (Wildman–Crippen MR) is 108 cm³/mol. The molecule has 1 aromatic heterocycles. The van der Waals surface area contributed by atoms with Crippen molar-refractivity contribution in [2.45, 2.75) is 39.3 Å². The molecular formula is C20H28N6O3. The number of nitrogens with zero attached hydrogens (tertiary/aromatic N) is 4. The van der Waals surface area contributed by atoms with Crippen LogP contribution in [0.2, 0.25) is 0 Å². The Bertz CT molecular complexity index is 840. The van der Waals surface area contributed by atoms with Crippen LogP contribution in [0.15, 0.2) is 28.8 Å². The van der Waals surface area contributed by atoms with Gasteiger partial charge in [-0.3, -0.25) is 19.4 Å². The van der Waals surface area contributed by atoms with Gasteiger partial charge < -0.3 is 15.6 Å². The highest BCUT2D eigenvalue weighted by atomic mass is 16.5. The van der Waals surface area contributed by atoms with E-state index in [-0.39, 0.29) is 17.9 Å². The van der Waals surface area contributed by atoms with E-state index in [0.717, 1.165) is 32.0 Å². The first kappa shape index (κ1) is 20.9. The minimum atomic E-state index is -0.491. The first-order valence-corrected chi connectivity index (χ1v) is 9.83. The van der Waals surface area contributed by atoms with Gasteiger partial charge in [0.2, 0.25) is 17.7 Å². The second kappa shape index (κ2) is 9.15. The van der Waals surface area contributed by atoms with Gasteiger partial charge in [0.1, 0.15) is 0 Å². The lowest BCUT2D eigenvalue weighted by Gasteiger charge is -2.36. The molecule has 1 fully saturated rings. The Balaban J connectivity index is 1.47. The molecule has 29 heavy (non-hydrogen) atoms. The van der Waals surface area contributed by atoms with E-state index in [9.17, 15) is 9.59 Å². The Morgan fingerprint density at radius 2 is 1.79 bits per heavy atom. The molecule has 0 aliphatic carbocycles. The molecular weight excluding hydrogens is 372 g/mol. The van der Waals surface area contributed by atoms with Crippen molar-refractivity contribution in [3.8, 4) is 0 Å². The molecule has 3 rings (SSSR count). The van der Waals surface area contributed by atoms with Gasteiger partial charge in [0.05, 0.1) is 12.6 Å². The number of carbonyl (C=O) groups is 2. The predicted octanol–water partition coefficient (Wildman–Crippen LogP) is 1.44. The van der Waals surface area contributed by atoms with Gasteiger partial charge in [-0.05, 0) is 31.2 Å². The maximum absolute atomic E-state index is 12.6. The fraction of sp³-hybridized carbons (Fsp3) is 0.500. The number of nitrogens with two attached hydrogens (primary N) is 1. The van der Waals surface area contributed by atoms with Crippen LogP contribution in [0.25, 0.3) is 0 Å². The molecule has 3 N–H and O–H groups in total. The molecule has 0 spiro atoms. The van der Waals surface area contributed by atoms with E-state index in [1.165, 1.54) is 0 Å². The highest BCUT2D eigenvalue weighted by Crippen LogP contribution is 2.15. The van der Waals surface area contributed by atoms with E-state index >= 15 is 0 Å². The zero-order valence-corrected chi connectivity index (χ0v) is 17.1. The highest BCUT2D eigenvalue weighted by Gasteiger charge is 2.26. The van der Waals surface area contributed by atoms with E-state index in [1.54, 1.807) is 24.3 Å². The lowest BCUT2D eigenvalue weighted by atomic mass is 10.1. The fourth-order valence-electron chi connectivity index (χ4n) is 3.20. The van der Waals surface area contributed by atoms with Gasteiger partial charge in [-0.2, -0.15) is 4.98 Å². The summed E-state index contributed by atoms with van der Waals surface area (Å²) in [5.74, 6) is 1.04. The van der Waals surface area contributed by atoms with Crippen molar-refractivity contribution in [2.75, 3.05) is 31.5 Å². The van der Waals surface area contributed by atoms with Crippen LogP contribution in [0, 0.1) is 0 Å². The van der Waals surface area contributed by atoms with Crippen LogP contribution in [0.4, 0.5) is 5.69 Å². The van der Waals surface area contributed by atoms with Crippen molar-refractivity contribution in [2.24, 2.45) is 5.73 Å². The molecule has 156 valence electrons. The number of primary amides is 1. The van der Waals surface area contributed by atoms with Crippen molar-refractivity contribution in [3.05, 3.63) is 41.5 Å². The number of amides is 2. The van der Waals surface area contributed by atoms with Gasteiger partial charge >= 0.3 is 0 Å². The smallest absolute Gasteiger partial charge is 0.248 e. The van der Waals surface area contributed by atoms with Crippen LogP contribution in [0.1, 0.15) is 48.8 Å². The average Bonchev–Trinajstić information content (AvgIpc) is 3.17. The summed E-state index contributed by atoms with van der Waals surface area (Å²) in [6, 6.07) is 6.30. The maximum Gasteiger partial charge on any atom is 0.248 e. The summed E-state index contributed by atoms with van der Waals surface area (Å²) in [7, 11) is 0. The zero-order chi connectivity index (χ0) is 21.0. The Kier molecular flexibility index (Phi) is 6.60. The Labute approximate surface area is 170 Å². The van der Waals surface area contributed by atoms with E-state index < -0.39 is 5.91 Å². The van der Waals surface area contributed by atoms with E-state index in [0.29, 0.717) is 23.7 Å². The SMILES string of the molecule is CC(C)c1noc(CN2CCN(C(C)C(=O)Nc3ccc(C(N)=O)cc3)CC2)n1. The van der Waals surface area contributed by atoms with Crippen molar-refractivity contribution >= 4 is 17.5 Å². The standard InChI is InChI=1S/C20H28N6O3/c1-13(2)19-23-17(29-24-19)12-25-8-10-26(11-9-25)14(3)20(28)22-16-6-4-15(5-7-16)18(21)27/h4-7,13-14H,8-12H2,1-3H3,(H2,21,27)(H,22,28). The Morgan fingerprint density at radius 3 is 2.34 bits per heavy atom. The third kappa shape index (κ3) is 5.39. The molecule has 0 radical (unpaired) electrons. The molecule has 1 aliphatic rings. The number of carbonyl (C=O) groups excluding carboxylic acids is 2. The largest absolute Gasteiger partial charge is 0.366 e. The molecule has 1 unspecified atom stereocenters. The summed E-state index contributed by atoms with van der Waals surface area (Å²) in [6.07, 6.45) is 0. The summed E-state index contributed by atoms with van der Waals surface area (Å²) in [5, 5.41) is 6.89. The second-order valence-corrected chi connectivity index (χ2v) is 7.62. The number of rotatable bonds is 7. The quantitative estimate of drug-likeness (QED) is 0.722. The normalized spacial score (nSPS) is 16.7. The molecule has 9 nitrogen and oxygen atoms in total. The zero-order valence-electron chi connectivity index (χ0n) is 17.1. The summed E-state index contributed by atoms with van der Waals surface area (Å²) < 4.78 is 5.32. The van der Waals surface area contributed by atoms with Gasteiger partial charge in [0, 0.05) is 43.3 Å². The first-order chi connectivity index (χ1) is 13.8. The fourth-order valence-corrected chi connectivity index (χ4v) is 3.20. The van der Waals surface area contributed by atoms with Crippen LogP contribution in [-0.4, -0.2) is 64.0 Å². The summed E-state index contributed by atoms with van der Waals surface area (Å²) in [4.78, 5) is 32.5. The lowest BCUT2D eigenvalue weighted by molar-refractivity contribution is -0.121. The molecule has 0 bridgehead atoms. The molecule has 1 atom stereocenters. The van der Waals surface area contributed by atoms with Crippen LogP contribution in [0.3, 0.4) is 0 Å². The van der Waals surface area contributed by atoms with E-state index in [2.05, 4.69) is 25.3 Å².